The molecule has 1 unspecified atom stereocenters. The van der Waals surface area contributed by atoms with E-state index in [1.54, 1.807) is 18.4 Å². The number of ether oxygens (including phenoxy) is 1. The van der Waals surface area contributed by atoms with E-state index in [-0.39, 0.29) is 6.10 Å². The van der Waals surface area contributed by atoms with Gasteiger partial charge in [0, 0.05) is 51.4 Å². The van der Waals surface area contributed by atoms with Gasteiger partial charge in [-0.15, -0.1) is 11.3 Å². The standard InChI is InChI=1S/C21H29N5OS/c1-16(27-4)20-24-18(15-28-20)14-25(3)21(22-2)23-11-7-12-26-13-10-17-8-5-6-9-19(17)26/h5-6,8-10,13,15-16H,7,11-12,14H2,1-4H3,(H,22,23). The summed E-state index contributed by atoms with van der Waals surface area (Å²) in [5.74, 6) is 0.881. The van der Waals surface area contributed by atoms with Crippen molar-refractivity contribution in [2.24, 2.45) is 4.99 Å². The van der Waals surface area contributed by atoms with Crippen molar-refractivity contribution in [1.29, 1.82) is 0 Å². The maximum atomic E-state index is 5.34. The Balaban J connectivity index is 1.48. The molecule has 0 saturated heterocycles. The van der Waals surface area contributed by atoms with E-state index in [0.717, 1.165) is 42.7 Å². The summed E-state index contributed by atoms with van der Waals surface area (Å²) >= 11 is 1.64. The molecule has 28 heavy (non-hydrogen) atoms. The number of nitrogens with one attached hydrogen (secondary N) is 1. The van der Waals surface area contributed by atoms with Crippen molar-refractivity contribution in [2.45, 2.75) is 32.5 Å². The van der Waals surface area contributed by atoms with Gasteiger partial charge >= 0.3 is 0 Å². The van der Waals surface area contributed by atoms with Crippen molar-refractivity contribution in [1.82, 2.24) is 19.8 Å². The fourth-order valence-electron chi connectivity index (χ4n) is 3.17. The first-order valence-corrected chi connectivity index (χ1v) is 10.4. The molecule has 0 spiro atoms. The lowest BCUT2D eigenvalue weighted by Crippen LogP contribution is -2.39. The van der Waals surface area contributed by atoms with E-state index in [9.17, 15) is 0 Å². The Morgan fingerprint density at radius 3 is 2.96 bits per heavy atom. The number of aryl methyl sites for hydroxylation is 1. The molecule has 0 saturated carbocycles. The quantitative estimate of drug-likeness (QED) is 0.355. The molecule has 1 atom stereocenters. The molecule has 0 aliphatic heterocycles. The Labute approximate surface area is 170 Å². The largest absolute Gasteiger partial charge is 0.375 e. The third-order valence-electron chi connectivity index (χ3n) is 4.78. The second kappa shape index (κ2) is 9.71. The van der Waals surface area contributed by atoms with Gasteiger partial charge in [-0.3, -0.25) is 4.99 Å². The van der Waals surface area contributed by atoms with E-state index in [2.05, 4.69) is 66.7 Å². The summed E-state index contributed by atoms with van der Waals surface area (Å²) in [7, 11) is 5.56. The van der Waals surface area contributed by atoms with Crippen LogP contribution in [0, 0.1) is 0 Å². The van der Waals surface area contributed by atoms with Crippen LogP contribution in [0.4, 0.5) is 0 Å². The highest BCUT2D eigenvalue weighted by Gasteiger charge is 2.12. The van der Waals surface area contributed by atoms with Crippen molar-refractivity contribution >= 4 is 28.2 Å². The number of thiazole rings is 1. The molecule has 7 heteroatoms. The van der Waals surface area contributed by atoms with Gasteiger partial charge in [-0.25, -0.2) is 4.98 Å². The lowest BCUT2D eigenvalue weighted by atomic mass is 10.2. The van der Waals surface area contributed by atoms with Crippen molar-refractivity contribution in [3.8, 4) is 0 Å². The summed E-state index contributed by atoms with van der Waals surface area (Å²) in [6.45, 7) is 4.58. The molecule has 150 valence electrons. The van der Waals surface area contributed by atoms with Crippen LogP contribution in [0.5, 0.6) is 0 Å². The average Bonchev–Trinajstić information content (AvgIpc) is 3.34. The van der Waals surface area contributed by atoms with Crippen LogP contribution in [-0.2, 0) is 17.8 Å². The number of hydrogen-bond acceptors (Lipinski definition) is 4. The second-order valence-electron chi connectivity index (χ2n) is 6.81. The van der Waals surface area contributed by atoms with E-state index in [4.69, 9.17) is 4.74 Å². The van der Waals surface area contributed by atoms with Gasteiger partial charge < -0.3 is 19.5 Å². The van der Waals surface area contributed by atoms with Crippen LogP contribution >= 0.6 is 11.3 Å². The van der Waals surface area contributed by atoms with Gasteiger partial charge in [0.25, 0.3) is 0 Å². The van der Waals surface area contributed by atoms with Crippen molar-refractivity contribution in [2.75, 3.05) is 27.7 Å². The lowest BCUT2D eigenvalue weighted by Gasteiger charge is -2.21. The highest BCUT2D eigenvalue weighted by molar-refractivity contribution is 7.09. The zero-order valence-corrected chi connectivity index (χ0v) is 17.9. The number of nitrogens with zero attached hydrogens (tertiary/aromatic N) is 4. The molecule has 1 N–H and O–H groups in total. The van der Waals surface area contributed by atoms with Gasteiger partial charge in [-0.05, 0) is 30.9 Å². The number of methoxy groups -OCH3 is 1. The van der Waals surface area contributed by atoms with Crippen LogP contribution in [-0.4, -0.2) is 48.2 Å². The Bertz CT molecular complexity index is 916. The zero-order chi connectivity index (χ0) is 19.9. The first-order chi connectivity index (χ1) is 13.6. The predicted molar refractivity (Wildman–Crippen MR) is 117 cm³/mol. The number of rotatable bonds is 8. The Kier molecular flexibility index (Phi) is 7.06. The van der Waals surface area contributed by atoms with E-state index < -0.39 is 0 Å². The third-order valence-corrected chi connectivity index (χ3v) is 5.84. The number of fused-ring (bicyclic) bond motifs is 1. The van der Waals surface area contributed by atoms with E-state index >= 15 is 0 Å². The minimum Gasteiger partial charge on any atom is -0.375 e. The van der Waals surface area contributed by atoms with E-state index in [1.807, 2.05) is 21.0 Å². The minimum atomic E-state index is 0.0336. The van der Waals surface area contributed by atoms with Gasteiger partial charge in [0.1, 0.15) is 11.1 Å². The average molecular weight is 400 g/mol. The van der Waals surface area contributed by atoms with Crippen molar-refractivity contribution in [3.63, 3.8) is 0 Å². The molecule has 0 aliphatic carbocycles. The number of aromatic nitrogens is 2. The number of benzene rings is 1. The lowest BCUT2D eigenvalue weighted by molar-refractivity contribution is 0.119. The summed E-state index contributed by atoms with van der Waals surface area (Å²) in [5.41, 5.74) is 2.32. The SMILES string of the molecule is CN=C(NCCCn1ccc2ccccc21)N(C)Cc1csc(C(C)OC)n1. The van der Waals surface area contributed by atoms with Gasteiger partial charge in [-0.2, -0.15) is 0 Å². The van der Waals surface area contributed by atoms with Crippen molar-refractivity contribution in [3.05, 3.63) is 52.6 Å². The summed E-state index contributed by atoms with van der Waals surface area (Å²) in [4.78, 5) is 11.2. The highest BCUT2D eigenvalue weighted by Crippen LogP contribution is 2.21. The summed E-state index contributed by atoms with van der Waals surface area (Å²) < 4.78 is 7.65. The van der Waals surface area contributed by atoms with Crippen LogP contribution in [0.3, 0.4) is 0 Å². The summed E-state index contributed by atoms with van der Waals surface area (Å²) in [6.07, 6.45) is 3.22. The maximum absolute atomic E-state index is 5.34. The fraction of sp³-hybridized carbons (Fsp3) is 0.429. The van der Waals surface area contributed by atoms with E-state index in [0.29, 0.717) is 0 Å². The molecular formula is C21H29N5OS. The molecular weight excluding hydrogens is 370 g/mol. The fourth-order valence-corrected chi connectivity index (χ4v) is 4.01. The van der Waals surface area contributed by atoms with Crippen LogP contribution in [0.15, 0.2) is 46.9 Å². The smallest absolute Gasteiger partial charge is 0.193 e. The minimum absolute atomic E-state index is 0.0336. The van der Waals surface area contributed by atoms with Crippen LogP contribution in [0.25, 0.3) is 10.9 Å². The van der Waals surface area contributed by atoms with Crippen LogP contribution in [0.1, 0.15) is 30.2 Å². The van der Waals surface area contributed by atoms with Crippen molar-refractivity contribution < 1.29 is 4.74 Å². The normalized spacial score (nSPS) is 13.1. The van der Waals surface area contributed by atoms with E-state index in [1.165, 1.54) is 10.9 Å². The van der Waals surface area contributed by atoms with Crippen LogP contribution < -0.4 is 5.32 Å². The monoisotopic (exact) mass is 399 g/mol. The molecule has 1 aromatic carbocycles. The molecule has 2 aromatic heterocycles. The van der Waals surface area contributed by atoms with Crippen LogP contribution in [0.2, 0.25) is 0 Å². The number of para-hydroxylation sites is 1. The van der Waals surface area contributed by atoms with Gasteiger partial charge in [-0.1, -0.05) is 18.2 Å². The first-order valence-electron chi connectivity index (χ1n) is 9.55. The molecule has 2 heterocycles. The summed E-state index contributed by atoms with van der Waals surface area (Å²) in [6, 6.07) is 10.7. The zero-order valence-electron chi connectivity index (χ0n) is 17.1. The highest BCUT2D eigenvalue weighted by atomic mass is 32.1. The Hall–Kier alpha value is -2.38. The number of hydrogen-bond donors (Lipinski definition) is 1. The summed E-state index contributed by atoms with van der Waals surface area (Å²) in [5, 5.41) is 7.84. The second-order valence-corrected chi connectivity index (χ2v) is 7.70. The molecule has 3 aromatic rings. The molecule has 0 amide bonds. The van der Waals surface area contributed by atoms with Gasteiger partial charge in [0.05, 0.1) is 12.2 Å². The molecule has 0 radical (unpaired) electrons. The molecule has 3 rings (SSSR count). The van der Waals surface area contributed by atoms with Gasteiger partial charge in [0.2, 0.25) is 0 Å². The number of guanidine groups is 1. The Morgan fingerprint density at radius 2 is 2.18 bits per heavy atom. The van der Waals surface area contributed by atoms with Gasteiger partial charge in [0.15, 0.2) is 5.96 Å². The Morgan fingerprint density at radius 1 is 1.36 bits per heavy atom. The maximum Gasteiger partial charge on any atom is 0.193 e. The molecule has 0 aliphatic rings. The number of aliphatic imine (C=N–C) groups is 1. The molecule has 6 nitrogen and oxygen atoms in total. The third kappa shape index (κ3) is 4.91. The first kappa shape index (κ1) is 20.4. The predicted octanol–water partition coefficient (Wildman–Crippen LogP) is 3.90. The topological polar surface area (TPSA) is 54.7 Å². The molecule has 0 fully saturated rings. The molecule has 0 bridgehead atoms.